The van der Waals surface area contributed by atoms with Crippen LogP contribution in [-0.4, -0.2) is 27.4 Å². The van der Waals surface area contributed by atoms with Crippen molar-refractivity contribution < 1.29 is 19.8 Å². The number of hydrogen-bond acceptors (Lipinski definition) is 2. The molecule has 6 nitrogen and oxygen atoms in total. The van der Waals surface area contributed by atoms with E-state index < -0.39 is 12.2 Å². The number of nitrogens with zero attached hydrogens (tertiary/aromatic N) is 1. The van der Waals surface area contributed by atoms with E-state index in [4.69, 9.17) is 10.2 Å². The molecule has 1 aromatic carbocycles. The zero-order valence-corrected chi connectivity index (χ0v) is 7.75. The van der Waals surface area contributed by atoms with E-state index in [9.17, 15) is 9.59 Å². The number of carbonyl (C=O) groups is 2. The molecule has 1 aromatic rings. The average molecular weight is 210 g/mol. The molecule has 0 aliphatic carbocycles. The molecule has 0 saturated heterocycles. The summed E-state index contributed by atoms with van der Waals surface area (Å²) in [5.41, 5.74) is 2.48. The third-order valence-corrected chi connectivity index (χ3v) is 1.65. The zero-order valence-electron chi connectivity index (χ0n) is 7.75. The van der Waals surface area contributed by atoms with E-state index in [2.05, 4.69) is 0 Å². The zero-order chi connectivity index (χ0) is 11.3. The highest BCUT2D eigenvalue weighted by Crippen LogP contribution is 2.02. The number of amides is 2. The molecule has 0 aromatic heterocycles. The van der Waals surface area contributed by atoms with E-state index in [0.717, 1.165) is 0 Å². The fraction of sp³-hybridized carbons (Fsp3) is 0.111. The lowest BCUT2D eigenvalue weighted by Gasteiger charge is -2.17. The second-order valence-electron chi connectivity index (χ2n) is 2.77. The summed E-state index contributed by atoms with van der Waals surface area (Å²) < 4.78 is 0. The fourth-order valence-corrected chi connectivity index (χ4v) is 1.04. The summed E-state index contributed by atoms with van der Waals surface area (Å²) in [5, 5.41) is 17.7. The predicted molar refractivity (Wildman–Crippen MR) is 51.2 cm³/mol. The van der Waals surface area contributed by atoms with Crippen molar-refractivity contribution in [3.63, 3.8) is 0 Å². The Balaban J connectivity index is 2.67. The number of hydrogen-bond donors (Lipinski definition) is 3. The Hall–Kier alpha value is -2.24. The van der Waals surface area contributed by atoms with Gasteiger partial charge < -0.3 is 10.2 Å². The van der Waals surface area contributed by atoms with Crippen LogP contribution in [0.2, 0.25) is 0 Å². The maximum atomic E-state index is 10.6. The molecule has 15 heavy (non-hydrogen) atoms. The van der Waals surface area contributed by atoms with E-state index in [1.165, 1.54) is 0 Å². The molecule has 2 amide bonds. The Kier molecular flexibility index (Phi) is 3.50. The van der Waals surface area contributed by atoms with Crippen LogP contribution in [0.1, 0.15) is 5.56 Å². The van der Waals surface area contributed by atoms with Gasteiger partial charge in [-0.1, -0.05) is 30.3 Å². The van der Waals surface area contributed by atoms with Crippen molar-refractivity contribution in [2.45, 2.75) is 6.54 Å². The Labute approximate surface area is 85.7 Å². The number of hydrazine groups is 1. The summed E-state index contributed by atoms with van der Waals surface area (Å²) in [6.07, 6.45) is -2.76. The SMILES string of the molecule is O=C(O)NN(Cc1ccccc1)C(=O)O. The number of rotatable bonds is 2. The molecule has 1 rings (SSSR count). The summed E-state index contributed by atoms with van der Waals surface area (Å²) in [4.78, 5) is 20.9. The molecule has 6 heteroatoms. The molecule has 80 valence electrons. The Morgan fingerprint density at radius 1 is 1.20 bits per heavy atom. The molecule has 0 radical (unpaired) electrons. The second-order valence-corrected chi connectivity index (χ2v) is 2.77. The largest absolute Gasteiger partial charge is 0.464 e. The molecule has 0 heterocycles. The molecule has 0 atom stereocenters. The van der Waals surface area contributed by atoms with Crippen molar-refractivity contribution in [2.24, 2.45) is 0 Å². The van der Waals surface area contributed by atoms with E-state index >= 15 is 0 Å². The maximum absolute atomic E-state index is 10.6. The summed E-state index contributed by atoms with van der Waals surface area (Å²) in [6, 6.07) is 8.70. The lowest BCUT2D eigenvalue weighted by atomic mass is 10.2. The van der Waals surface area contributed by atoms with Crippen molar-refractivity contribution in [3.05, 3.63) is 35.9 Å². The van der Waals surface area contributed by atoms with Crippen LogP contribution in [-0.2, 0) is 6.54 Å². The van der Waals surface area contributed by atoms with Gasteiger partial charge in [-0.15, -0.1) is 0 Å². The van der Waals surface area contributed by atoms with Crippen LogP contribution in [0.4, 0.5) is 9.59 Å². The predicted octanol–water partition coefficient (Wildman–Crippen LogP) is 1.35. The molecule has 0 spiro atoms. The number of carboxylic acid groups (broad SMARTS) is 2. The summed E-state index contributed by atoms with van der Waals surface area (Å²) in [7, 11) is 0. The van der Waals surface area contributed by atoms with Crippen LogP contribution in [0.5, 0.6) is 0 Å². The van der Waals surface area contributed by atoms with Gasteiger partial charge in [-0.2, -0.15) is 0 Å². The molecule has 0 saturated carbocycles. The van der Waals surface area contributed by atoms with Crippen molar-refractivity contribution in [3.8, 4) is 0 Å². The van der Waals surface area contributed by atoms with Gasteiger partial charge in [-0.3, -0.25) is 0 Å². The maximum Gasteiger partial charge on any atom is 0.426 e. The van der Waals surface area contributed by atoms with Crippen LogP contribution < -0.4 is 5.43 Å². The normalized spacial score (nSPS) is 9.33. The molecular formula is C9H10N2O4. The van der Waals surface area contributed by atoms with Gasteiger partial charge in [0, 0.05) is 0 Å². The highest BCUT2D eigenvalue weighted by molar-refractivity contribution is 5.71. The van der Waals surface area contributed by atoms with E-state index in [1.807, 2.05) is 0 Å². The standard InChI is InChI=1S/C9H10N2O4/c12-8(13)10-11(9(14)15)6-7-4-2-1-3-5-7/h1-5,10H,6H2,(H,12,13)(H,14,15). The molecule has 0 aliphatic heterocycles. The van der Waals surface area contributed by atoms with E-state index in [-0.39, 0.29) is 6.54 Å². The topological polar surface area (TPSA) is 89.9 Å². The first-order chi connectivity index (χ1) is 7.09. The van der Waals surface area contributed by atoms with E-state index in [0.29, 0.717) is 10.6 Å². The number of nitrogens with one attached hydrogen (secondary N) is 1. The first-order valence-electron chi connectivity index (χ1n) is 4.13. The fourth-order valence-electron chi connectivity index (χ4n) is 1.04. The third kappa shape index (κ3) is 3.55. The Morgan fingerprint density at radius 3 is 2.27 bits per heavy atom. The first kappa shape index (κ1) is 10.8. The van der Waals surface area contributed by atoms with Crippen LogP contribution in [0.3, 0.4) is 0 Å². The van der Waals surface area contributed by atoms with Gasteiger partial charge in [0.1, 0.15) is 0 Å². The van der Waals surface area contributed by atoms with Crippen molar-refractivity contribution in [2.75, 3.05) is 0 Å². The van der Waals surface area contributed by atoms with Gasteiger partial charge >= 0.3 is 12.2 Å². The quantitative estimate of drug-likeness (QED) is 0.642. The molecule has 0 bridgehead atoms. The molecule has 0 fully saturated rings. The smallest absolute Gasteiger partial charge is 0.426 e. The molecule has 3 N–H and O–H groups in total. The van der Waals surface area contributed by atoms with Crippen molar-refractivity contribution >= 4 is 12.2 Å². The van der Waals surface area contributed by atoms with Crippen LogP contribution in [0.25, 0.3) is 0 Å². The lowest BCUT2D eigenvalue weighted by Crippen LogP contribution is -2.44. The van der Waals surface area contributed by atoms with Crippen LogP contribution in [0.15, 0.2) is 30.3 Å². The summed E-state index contributed by atoms with van der Waals surface area (Å²) in [6.45, 7) is -0.0253. The van der Waals surface area contributed by atoms with Gasteiger partial charge in [0.25, 0.3) is 0 Å². The van der Waals surface area contributed by atoms with E-state index in [1.54, 1.807) is 35.8 Å². The molecule has 0 aliphatic rings. The minimum absolute atomic E-state index is 0.0253. The summed E-state index contributed by atoms with van der Waals surface area (Å²) >= 11 is 0. The van der Waals surface area contributed by atoms with Gasteiger partial charge in [-0.25, -0.2) is 20.0 Å². The second kappa shape index (κ2) is 4.85. The Bertz CT molecular complexity index is 352. The molecule has 0 unspecified atom stereocenters. The highest BCUT2D eigenvalue weighted by Gasteiger charge is 2.14. The first-order valence-corrected chi connectivity index (χ1v) is 4.13. The minimum atomic E-state index is -1.41. The lowest BCUT2D eigenvalue weighted by molar-refractivity contribution is 0.106. The third-order valence-electron chi connectivity index (χ3n) is 1.65. The van der Waals surface area contributed by atoms with Gasteiger partial charge in [0.15, 0.2) is 0 Å². The van der Waals surface area contributed by atoms with Gasteiger partial charge in [0.2, 0.25) is 0 Å². The summed E-state index contributed by atoms with van der Waals surface area (Å²) in [5.74, 6) is 0. The Morgan fingerprint density at radius 2 is 1.80 bits per heavy atom. The van der Waals surface area contributed by atoms with Crippen molar-refractivity contribution in [1.82, 2.24) is 10.4 Å². The van der Waals surface area contributed by atoms with Gasteiger partial charge in [-0.05, 0) is 5.56 Å². The van der Waals surface area contributed by atoms with Crippen LogP contribution >= 0.6 is 0 Å². The van der Waals surface area contributed by atoms with Crippen LogP contribution in [0, 0.1) is 0 Å². The van der Waals surface area contributed by atoms with Crippen molar-refractivity contribution in [1.29, 1.82) is 0 Å². The minimum Gasteiger partial charge on any atom is -0.464 e. The highest BCUT2D eigenvalue weighted by atomic mass is 16.4. The number of benzene rings is 1. The molecular weight excluding hydrogens is 200 g/mol. The monoisotopic (exact) mass is 210 g/mol. The average Bonchev–Trinajstić information content (AvgIpc) is 2.17. The van der Waals surface area contributed by atoms with Gasteiger partial charge in [0.05, 0.1) is 6.54 Å².